The molecule has 0 saturated heterocycles. The van der Waals surface area contributed by atoms with Crippen molar-refractivity contribution >= 4 is 34.0 Å². The zero-order valence-corrected chi connectivity index (χ0v) is 19.2. The summed E-state index contributed by atoms with van der Waals surface area (Å²) in [7, 11) is 3.86. The number of fused-ring (bicyclic) bond motifs is 1. The molecule has 2 aromatic carbocycles. The first-order chi connectivity index (χ1) is 15.5. The maximum atomic E-state index is 11.8. The van der Waals surface area contributed by atoms with E-state index in [1.807, 2.05) is 24.4 Å². The number of rotatable bonds is 7. The van der Waals surface area contributed by atoms with Gasteiger partial charge >= 0.3 is 0 Å². The van der Waals surface area contributed by atoms with Crippen molar-refractivity contribution in [1.29, 1.82) is 0 Å². The average Bonchev–Trinajstić information content (AvgIpc) is 3.13. The van der Waals surface area contributed by atoms with E-state index in [1.165, 1.54) is 18.4 Å². The molecular formula is C27H30N4O. The molecule has 1 amide bonds. The second-order valence-electron chi connectivity index (χ2n) is 8.27. The van der Waals surface area contributed by atoms with E-state index in [1.54, 1.807) is 18.9 Å². The molecule has 4 rings (SSSR count). The Labute approximate surface area is 189 Å². The number of pyridine rings is 1. The molecule has 0 aliphatic rings. The standard InChI is InChI=1S/C27H30N4O/c1-5-6-9-20-10-7-12-23(14-20)29-27-17-26-22(18-28-27)16-25(31(26)4)21-11-8-13-24(15-21)30(3)19(2)32/h7-8,10-18H,5-6,9H2,1-4H3,(H,28,29). The monoisotopic (exact) mass is 426 g/mol. The molecule has 32 heavy (non-hydrogen) atoms. The van der Waals surface area contributed by atoms with Gasteiger partial charge in [-0.2, -0.15) is 0 Å². The van der Waals surface area contributed by atoms with Crippen LogP contribution >= 0.6 is 0 Å². The largest absolute Gasteiger partial charge is 0.343 e. The Morgan fingerprint density at radius 3 is 2.69 bits per heavy atom. The molecule has 5 heteroatoms. The number of unbranched alkanes of at least 4 members (excludes halogenated alkanes) is 1. The second-order valence-corrected chi connectivity index (χ2v) is 8.27. The first-order valence-electron chi connectivity index (χ1n) is 11.1. The molecule has 0 radical (unpaired) electrons. The highest BCUT2D eigenvalue weighted by atomic mass is 16.2. The third-order valence-corrected chi connectivity index (χ3v) is 5.95. The minimum absolute atomic E-state index is 0.0119. The quantitative estimate of drug-likeness (QED) is 0.377. The van der Waals surface area contributed by atoms with Gasteiger partial charge in [-0.3, -0.25) is 4.79 Å². The summed E-state index contributed by atoms with van der Waals surface area (Å²) in [5, 5.41) is 4.54. The van der Waals surface area contributed by atoms with Crippen molar-refractivity contribution in [3.8, 4) is 11.3 Å². The summed E-state index contributed by atoms with van der Waals surface area (Å²) < 4.78 is 2.17. The number of aryl methyl sites for hydroxylation is 2. The summed E-state index contributed by atoms with van der Waals surface area (Å²) in [6.07, 6.45) is 5.40. The maximum Gasteiger partial charge on any atom is 0.223 e. The van der Waals surface area contributed by atoms with E-state index in [0.717, 1.165) is 45.8 Å². The highest BCUT2D eigenvalue weighted by Crippen LogP contribution is 2.31. The molecule has 0 atom stereocenters. The lowest BCUT2D eigenvalue weighted by atomic mass is 10.1. The molecule has 0 unspecified atom stereocenters. The Bertz CT molecular complexity index is 1260. The van der Waals surface area contributed by atoms with E-state index >= 15 is 0 Å². The van der Waals surface area contributed by atoms with Crippen molar-refractivity contribution in [2.75, 3.05) is 17.3 Å². The van der Waals surface area contributed by atoms with Crippen LogP contribution in [0.4, 0.5) is 17.2 Å². The van der Waals surface area contributed by atoms with Gasteiger partial charge in [-0.25, -0.2) is 4.98 Å². The predicted molar refractivity (Wildman–Crippen MR) is 134 cm³/mol. The zero-order valence-electron chi connectivity index (χ0n) is 19.2. The average molecular weight is 427 g/mol. The number of carbonyl (C=O) groups is 1. The summed E-state index contributed by atoms with van der Waals surface area (Å²) in [5.41, 5.74) is 6.52. The zero-order chi connectivity index (χ0) is 22.7. The predicted octanol–water partition coefficient (Wildman–Crippen LogP) is 6.31. The molecule has 164 valence electrons. The Hall–Kier alpha value is -3.60. The van der Waals surface area contributed by atoms with Crippen LogP contribution in [0.5, 0.6) is 0 Å². The molecule has 0 spiro atoms. The molecule has 2 aromatic heterocycles. The highest BCUT2D eigenvalue weighted by molar-refractivity contribution is 5.93. The van der Waals surface area contributed by atoms with E-state index in [4.69, 9.17) is 0 Å². The van der Waals surface area contributed by atoms with E-state index in [2.05, 4.69) is 71.3 Å². The fraction of sp³-hybridized carbons (Fsp3) is 0.259. The first kappa shape index (κ1) is 21.6. The fourth-order valence-electron chi connectivity index (χ4n) is 3.97. The summed E-state index contributed by atoms with van der Waals surface area (Å²) in [4.78, 5) is 18.1. The molecule has 2 heterocycles. The van der Waals surface area contributed by atoms with Crippen molar-refractivity contribution in [2.45, 2.75) is 33.1 Å². The lowest BCUT2D eigenvalue weighted by Crippen LogP contribution is -2.22. The Morgan fingerprint density at radius 2 is 1.91 bits per heavy atom. The lowest BCUT2D eigenvalue weighted by molar-refractivity contribution is -0.116. The molecule has 0 bridgehead atoms. The molecule has 0 fully saturated rings. The van der Waals surface area contributed by atoms with E-state index < -0.39 is 0 Å². The van der Waals surface area contributed by atoms with E-state index in [-0.39, 0.29) is 5.91 Å². The summed E-state index contributed by atoms with van der Waals surface area (Å²) in [6.45, 7) is 3.79. The second kappa shape index (κ2) is 9.27. The summed E-state index contributed by atoms with van der Waals surface area (Å²) in [5.74, 6) is 0.834. The summed E-state index contributed by atoms with van der Waals surface area (Å²) >= 11 is 0. The number of nitrogens with zero attached hydrogens (tertiary/aromatic N) is 3. The van der Waals surface area contributed by atoms with Gasteiger partial charge in [0.1, 0.15) is 5.82 Å². The van der Waals surface area contributed by atoms with Crippen molar-refractivity contribution < 1.29 is 4.79 Å². The molecule has 0 aliphatic heterocycles. The van der Waals surface area contributed by atoms with Gasteiger partial charge in [0, 0.05) is 61.3 Å². The van der Waals surface area contributed by atoms with Crippen LogP contribution in [0.2, 0.25) is 0 Å². The van der Waals surface area contributed by atoms with Crippen LogP contribution in [0, 0.1) is 0 Å². The third kappa shape index (κ3) is 4.52. The van der Waals surface area contributed by atoms with Crippen LogP contribution in [-0.4, -0.2) is 22.5 Å². The van der Waals surface area contributed by atoms with Gasteiger partial charge in [0.25, 0.3) is 0 Å². The number of amides is 1. The van der Waals surface area contributed by atoms with Crippen LogP contribution in [0.15, 0.2) is 66.9 Å². The first-order valence-corrected chi connectivity index (χ1v) is 11.1. The van der Waals surface area contributed by atoms with Gasteiger partial charge in [0.2, 0.25) is 5.91 Å². The molecular weight excluding hydrogens is 396 g/mol. The lowest BCUT2D eigenvalue weighted by Gasteiger charge is -2.16. The fourth-order valence-corrected chi connectivity index (χ4v) is 3.97. The van der Waals surface area contributed by atoms with Crippen molar-refractivity contribution in [1.82, 2.24) is 9.55 Å². The number of hydrogen-bond acceptors (Lipinski definition) is 3. The number of nitrogens with one attached hydrogen (secondary N) is 1. The Kier molecular flexibility index (Phi) is 6.26. The van der Waals surface area contributed by atoms with Gasteiger partial charge in [-0.05, 0) is 48.7 Å². The number of carbonyl (C=O) groups excluding carboxylic acids is 1. The maximum absolute atomic E-state index is 11.8. The normalized spacial score (nSPS) is 11.0. The molecule has 5 nitrogen and oxygen atoms in total. The SMILES string of the molecule is CCCCc1cccc(Nc2cc3c(cn2)cc(-c2cccc(N(C)C(C)=O)c2)n3C)c1. The third-order valence-electron chi connectivity index (χ3n) is 5.95. The molecule has 0 saturated carbocycles. The number of anilines is 3. The van der Waals surface area contributed by atoms with Gasteiger partial charge in [0.05, 0.1) is 5.52 Å². The minimum Gasteiger partial charge on any atom is -0.343 e. The van der Waals surface area contributed by atoms with Crippen molar-refractivity contribution in [2.24, 2.45) is 7.05 Å². The van der Waals surface area contributed by atoms with Crippen LogP contribution in [0.1, 0.15) is 32.3 Å². The smallest absolute Gasteiger partial charge is 0.223 e. The molecule has 4 aromatic rings. The van der Waals surface area contributed by atoms with Crippen LogP contribution in [-0.2, 0) is 18.3 Å². The topological polar surface area (TPSA) is 50.2 Å². The van der Waals surface area contributed by atoms with E-state index in [9.17, 15) is 4.79 Å². The van der Waals surface area contributed by atoms with Gasteiger partial charge < -0.3 is 14.8 Å². The summed E-state index contributed by atoms with van der Waals surface area (Å²) in [6, 6.07) is 20.8. The van der Waals surface area contributed by atoms with Crippen LogP contribution in [0.3, 0.4) is 0 Å². The Morgan fingerprint density at radius 1 is 1.09 bits per heavy atom. The van der Waals surface area contributed by atoms with Crippen molar-refractivity contribution in [3.63, 3.8) is 0 Å². The van der Waals surface area contributed by atoms with Gasteiger partial charge in [-0.15, -0.1) is 0 Å². The molecule has 0 aliphatic carbocycles. The minimum atomic E-state index is 0.0119. The molecule has 1 N–H and O–H groups in total. The number of aromatic nitrogens is 2. The number of benzene rings is 2. The highest BCUT2D eigenvalue weighted by Gasteiger charge is 2.12. The number of hydrogen-bond donors (Lipinski definition) is 1. The Balaban J connectivity index is 1.64. The van der Waals surface area contributed by atoms with Gasteiger partial charge in [0.15, 0.2) is 0 Å². The van der Waals surface area contributed by atoms with Crippen LogP contribution in [0.25, 0.3) is 22.2 Å². The van der Waals surface area contributed by atoms with E-state index in [0.29, 0.717) is 0 Å². The van der Waals surface area contributed by atoms with Crippen molar-refractivity contribution in [3.05, 3.63) is 72.4 Å². The van der Waals surface area contributed by atoms with Crippen LogP contribution < -0.4 is 10.2 Å². The van der Waals surface area contributed by atoms with Gasteiger partial charge in [-0.1, -0.05) is 37.6 Å².